The van der Waals surface area contributed by atoms with Gasteiger partial charge in [-0.1, -0.05) is 65.8 Å². The Balaban J connectivity index is 2.14. The number of carbonyl (C=O) groups is 1. The molecule has 0 amide bonds. The van der Waals surface area contributed by atoms with Gasteiger partial charge in [0.2, 0.25) is 0 Å². The van der Waals surface area contributed by atoms with Crippen LogP contribution in [0.1, 0.15) is 18.1 Å². The molecule has 0 aliphatic heterocycles. The highest BCUT2D eigenvalue weighted by Gasteiger charge is 2.14. The van der Waals surface area contributed by atoms with Crippen LogP contribution in [0.3, 0.4) is 0 Å². The van der Waals surface area contributed by atoms with Crippen LogP contribution in [-0.4, -0.2) is 28.1 Å². The highest BCUT2D eigenvalue weighted by atomic mass is 16.4. The molecule has 0 unspecified atom stereocenters. The minimum absolute atomic E-state index is 0.173. The second kappa shape index (κ2) is 8.10. The summed E-state index contributed by atoms with van der Waals surface area (Å²) in [5.41, 5.74) is 2.48. The standard InChI is InChI=1S/C18H20N2O2/c1-15(21)18(19-22)14-20(12-16-8-4-2-5-9-16)13-17-10-6-3-7-11-17/h2-11,22H,12-14H2,1H3/b19-18+. The third-order valence-electron chi connectivity index (χ3n) is 3.40. The van der Waals surface area contributed by atoms with E-state index in [9.17, 15) is 4.79 Å². The van der Waals surface area contributed by atoms with Crippen molar-refractivity contribution in [2.75, 3.05) is 6.54 Å². The number of ketones is 1. The van der Waals surface area contributed by atoms with Crippen LogP contribution in [-0.2, 0) is 17.9 Å². The summed E-state index contributed by atoms with van der Waals surface area (Å²) in [4.78, 5) is 13.6. The molecule has 4 heteroatoms. The van der Waals surface area contributed by atoms with E-state index in [-0.39, 0.29) is 11.5 Å². The lowest BCUT2D eigenvalue weighted by Gasteiger charge is -2.22. The summed E-state index contributed by atoms with van der Waals surface area (Å²) in [6, 6.07) is 20.1. The van der Waals surface area contributed by atoms with Crippen molar-refractivity contribution in [1.82, 2.24) is 4.90 Å². The molecule has 0 saturated carbocycles. The van der Waals surface area contributed by atoms with Gasteiger partial charge >= 0.3 is 0 Å². The maximum atomic E-state index is 11.5. The molecule has 2 aromatic rings. The molecule has 0 aliphatic rings. The van der Waals surface area contributed by atoms with Gasteiger partial charge in [0.1, 0.15) is 5.71 Å². The number of hydrogen-bond acceptors (Lipinski definition) is 4. The lowest BCUT2D eigenvalue weighted by molar-refractivity contribution is -0.111. The minimum Gasteiger partial charge on any atom is -0.411 e. The van der Waals surface area contributed by atoms with Crippen molar-refractivity contribution in [3.8, 4) is 0 Å². The minimum atomic E-state index is -0.214. The Labute approximate surface area is 130 Å². The molecule has 0 saturated heterocycles. The number of Topliss-reactive ketones (excluding diaryl/α,β-unsaturated/α-hetero) is 1. The lowest BCUT2D eigenvalue weighted by Crippen LogP contribution is -2.32. The van der Waals surface area contributed by atoms with E-state index in [1.807, 2.05) is 60.7 Å². The van der Waals surface area contributed by atoms with Crippen molar-refractivity contribution in [2.45, 2.75) is 20.0 Å². The van der Waals surface area contributed by atoms with E-state index in [0.717, 1.165) is 11.1 Å². The Kier molecular flexibility index (Phi) is 5.86. The van der Waals surface area contributed by atoms with Crippen LogP contribution in [0.5, 0.6) is 0 Å². The number of benzene rings is 2. The van der Waals surface area contributed by atoms with Crippen molar-refractivity contribution < 1.29 is 10.0 Å². The molecule has 0 fully saturated rings. The molecule has 0 bridgehead atoms. The van der Waals surface area contributed by atoms with E-state index >= 15 is 0 Å². The maximum Gasteiger partial charge on any atom is 0.178 e. The Morgan fingerprint density at radius 3 is 1.77 bits per heavy atom. The molecular formula is C18H20N2O2. The van der Waals surface area contributed by atoms with Crippen LogP contribution in [0.15, 0.2) is 65.8 Å². The fourth-order valence-electron chi connectivity index (χ4n) is 2.28. The zero-order valence-corrected chi connectivity index (χ0v) is 12.6. The van der Waals surface area contributed by atoms with Gasteiger partial charge in [-0.2, -0.15) is 0 Å². The van der Waals surface area contributed by atoms with Crippen LogP contribution >= 0.6 is 0 Å². The summed E-state index contributed by atoms with van der Waals surface area (Å²) in [7, 11) is 0. The second-order valence-corrected chi connectivity index (χ2v) is 5.22. The summed E-state index contributed by atoms with van der Waals surface area (Å²) in [5, 5.41) is 12.2. The number of hydrogen-bond donors (Lipinski definition) is 1. The lowest BCUT2D eigenvalue weighted by atomic mass is 10.1. The predicted octanol–water partition coefficient (Wildman–Crippen LogP) is 3.11. The van der Waals surface area contributed by atoms with Crippen molar-refractivity contribution in [3.05, 3.63) is 71.8 Å². The Bertz CT molecular complexity index is 583. The molecule has 0 radical (unpaired) electrons. The first kappa shape index (κ1) is 15.9. The first-order valence-corrected chi connectivity index (χ1v) is 7.21. The molecule has 0 heterocycles. The third kappa shape index (κ3) is 4.82. The van der Waals surface area contributed by atoms with Gasteiger partial charge in [-0.3, -0.25) is 9.69 Å². The average molecular weight is 296 g/mol. The van der Waals surface area contributed by atoms with Crippen molar-refractivity contribution in [1.29, 1.82) is 0 Å². The van der Waals surface area contributed by atoms with Crippen LogP contribution in [0.2, 0.25) is 0 Å². The highest BCUT2D eigenvalue weighted by molar-refractivity contribution is 6.39. The fraction of sp³-hybridized carbons (Fsp3) is 0.222. The van der Waals surface area contributed by atoms with Crippen LogP contribution in [0.25, 0.3) is 0 Å². The van der Waals surface area contributed by atoms with Crippen LogP contribution < -0.4 is 0 Å². The van der Waals surface area contributed by atoms with Gasteiger partial charge in [0.25, 0.3) is 0 Å². The first-order valence-electron chi connectivity index (χ1n) is 7.21. The topological polar surface area (TPSA) is 52.9 Å². The van der Waals surface area contributed by atoms with Gasteiger partial charge in [0.05, 0.1) is 0 Å². The van der Waals surface area contributed by atoms with Crippen LogP contribution in [0.4, 0.5) is 0 Å². The van der Waals surface area contributed by atoms with E-state index in [1.54, 1.807) is 0 Å². The molecule has 2 aromatic carbocycles. The van der Waals surface area contributed by atoms with Gasteiger partial charge in [-0.25, -0.2) is 0 Å². The molecule has 0 spiro atoms. The first-order chi connectivity index (χ1) is 10.7. The van der Waals surface area contributed by atoms with Gasteiger partial charge in [-0.15, -0.1) is 0 Å². The molecular weight excluding hydrogens is 276 g/mol. The number of rotatable bonds is 7. The number of nitrogens with zero attached hydrogens (tertiary/aromatic N) is 2. The third-order valence-corrected chi connectivity index (χ3v) is 3.40. The van der Waals surface area contributed by atoms with E-state index < -0.39 is 0 Å². The SMILES string of the molecule is CC(=O)/C(CN(Cc1ccccc1)Cc1ccccc1)=N/O. The average Bonchev–Trinajstić information content (AvgIpc) is 2.54. The summed E-state index contributed by atoms with van der Waals surface area (Å²) in [5.74, 6) is -0.214. The second-order valence-electron chi connectivity index (χ2n) is 5.22. The van der Waals surface area contributed by atoms with Crippen LogP contribution in [0, 0.1) is 0 Å². The monoisotopic (exact) mass is 296 g/mol. The molecule has 0 aliphatic carbocycles. The fourth-order valence-corrected chi connectivity index (χ4v) is 2.28. The molecule has 4 nitrogen and oxygen atoms in total. The highest BCUT2D eigenvalue weighted by Crippen LogP contribution is 2.10. The quantitative estimate of drug-likeness (QED) is 0.485. The van der Waals surface area contributed by atoms with Crippen molar-refractivity contribution in [2.24, 2.45) is 5.16 Å². The summed E-state index contributed by atoms with van der Waals surface area (Å²) >= 11 is 0. The molecule has 114 valence electrons. The van der Waals surface area contributed by atoms with Crippen molar-refractivity contribution in [3.63, 3.8) is 0 Å². The van der Waals surface area contributed by atoms with E-state index in [2.05, 4.69) is 10.1 Å². The summed E-state index contributed by atoms with van der Waals surface area (Å²) in [6.45, 7) is 3.10. The number of oxime groups is 1. The predicted molar refractivity (Wildman–Crippen MR) is 86.9 cm³/mol. The largest absolute Gasteiger partial charge is 0.411 e. The summed E-state index contributed by atoms with van der Waals surface area (Å²) in [6.07, 6.45) is 0. The molecule has 22 heavy (non-hydrogen) atoms. The van der Waals surface area contributed by atoms with Gasteiger partial charge < -0.3 is 5.21 Å². The smallest absolute Gasteiger partial charge is 0.178 e. The maximum absolute atomic E-state index is 11.5. The normalized spacial score (nSPS) is 11.6. The van der Waals surface area contributed by atoms with Gasteiger partial charge in [0, 0.05) is 26.6 Å². The van der Waals surface area contributed by atoms with Gasteiger partial charge in [0.15, 0.2) is 5.78 Å². The van der Waals surface area contributed by atoms with Crippen molar-refractivity contribution >= 4 is 11.5 Å². The Morgan fingerprint density at radius 2 is 1.41 bits per heavy atom. The molecule has 2 rings (SSSR count). The zero-order valence-electron chi connectivity index (χ0n) is 12.6. The Morgan fingerprint density at radius 1 is 0.955 bits per heavy atom. The molecule has 0 atom stereocenters. The molecule has 0 aromatic heterocycles. The number of carbonyl (C=O) groups excluding carboxylic acids is 1. The Hall–Kier alpha value is -2.46. The zero-order chi connectivity index (χ0) is 15.8. The van der Waals surface area contributed by atoms with E-state index in [4.69, 9.17) is 5.21 Å². The van der Waals surface area contributed by atoms with Gasteiger partial charge in [-0.05, 0) is 11.1 Å². The van der Waals surface area contributed by atoms with E-state index in [1.165, 1.54) is 6.92 Å². The van der Waals surface area contributed by atoms with E-state index in [0.29, 0.717) is 19.6 Å². The summed E-state index contributed by atoms with van der Waals surface area (Å²) < 4.78 is 0. The molecule has 1 N–H and O–H groups in total.